The summed E-state index contributed by atoms with van der Waals surface area (Å²) in [5.41, 5.74) is 3.41. The number of fused-ring (bicyclic) bond motifs is 1. The van der Waals surface area contributed by atoms with Crippen molar-refractivity contribution < 1.29 is 4.79 Å². The Labute approximate surface area is 115 Å². The van der Waals surface area contributed by atoms with Gasteiger partial charge >= 0.3 is 0 Å². The van der Waals surface area contributed by atoms with Crippen LogP contribution in [-0.4, -0.2) is 11.9 Å². The van der Waals surface area contributed by atoms with E-state index in [0.717, 1.165) is 12.1 Å². The fourth-order valence-corrected chi connectivity index (χ4v) is 2.69. The number of hydrogen-bond acceptors (Lipinski definition) is 2. The smallest absolute Gasteiger partial charge is 0.224 e. The topological polar surface area (TPSA) is 41.1 Å². The summed E-state index contributed by atoms with van der Waals surface area (Å²) in [5.74, 6) is 0.128. The molecule has 0 spiro atoms. The molecular weight excluding hydrogens is 236 g/mol. The first kappa shape index (κ1) is 13.9. The molecule has 104 valence electrons. The van der Waals surface area contributed by atoms with Crippen molar-refractivity contribution in [2.75, 3.05) is 10.6 Å². The highest BCUT2D eigenvalue weighted by atomic mass is 16.1. The molecule has 0 aromatic heterocycles. The molecular formula is C16H24N2O. The summed E-state index contributed by atoms with van der Waals surface area (Å²) < 4.78 is 0. The molecule has 0 atom stereocenters. The Morgan fingerprint density at radius 1 is 1.21 bits per heavy atom. The van der Waals surface area contributed by atoms with E-state index in [-0.39, 0.29) is 5.91 Å². The Hall–Kier alpha value is -1.51. The second-order valence-electron chi connectivity index (χ2n) is 5.34. The lowest BCUT2D eigenvalue weighted by Gasteiger charge is -2.22. The molecule has 2 N–H and O–H groups in total. The number of benzene rings is 1. The molecule has 0 saturated heterocycles. The van der Waals surface area contributed by atoms with Crippen LogP contribution in [0.25, 0.3) is 0 Å². The minimum atomic E-state index is 0.128. The van der Waals surface area contributed by atoms with Crippen LogP contribution in [0.1, 0.15) is 51.5 Å². The van der Waals surface area contributed by atoms with Crippen LogP contribution in [-0.2, 0) is 11.2 Å². The lowest BCUT2D eigenvalue weighted by molar-refractivity contribution is -0.116. The minimum Gasteiger partial charge on any atom is -0.382 e. The summed E-state index contributed by atoms with van der Waals surface area (Å²) in [6.45, 7) is 4.46. The van der Waals surface area contributed by atoms with Gasteiger partial charge in [-0.3, -0.25) is 4.79 Å². The van der Waals surface area contributed by atoms with Crippen molar-refractivity contribution in [2.45, 2.75) is 58.4 Å². The quantitative estimate of drug-likeness (QED) is 0.813. The zero-order valence-corrected chi connectivity index (χ0v) is 12.0. The number of nitrogens with one attached hydrogen (secondary N) is 2. The zero-order chi connectivity index (χ0) is 13.7. The highest BCUT2D eigenvalue weighted by molar-refractivity contribution is 5.94. The molecule has 0 aliphatic carbocycles. The molecule has 1 aliphatic heterocycles. The molecule has 1 amide bonds. The maximum Gasteiger partial charge on any atom is 0.224 e. The van der Waals surface area contributed by atoms with Gasteiger partial charge in [-0.15, -0.1) is 0 Å². The number of anilines is 2. The molecule has 1 aromatic rings. The average Bonchev–Trinajstić information content (AvgIpc) is 2.39. The molecule has 1 heterocycles. The van der Waals surface area contributed by atoms with E-state index >= 15 is 0 Å². The number of amides is 1. The highest BCUT2D eigenvalue weighted by Gasteiger charge is 2.15. The summed E-state index contributed by atoms with van der Waals surface area (Å²) in [6, 6.07) is 6.84. The molecule has 0 radical (unpaired) electrons. The van der Waals surface area contributed by atoms with Crippen LogP contribution < -0.4 is 10.6 Å². The van der Waals surface area contributed by atoms with Gasteiger partial charge in [-0.1, -0.05) is 26.7 Å². The third-order valence-electron chi connectivity index (χ3n) is 3.65. The van der Waals surface area contributed by atoms with Crippen molar-refractivity contribution in [1.82, 2.24) is 0 Å². The first-order valence-electron chi connectivity index (χ1n) is 7.42. The summed E-state index contributed by atoms with van der Waals surface area (Å²) in [7, 11) is 0. The van der Waals surface area contributed by atoms with Crippen molar-refractivity contribution in [3.63, 3.8) is 0 Å². The van der Waals surface area contributed by atoms with E-state index in [4.69, 9.17) is 0 Å². The van der Waals surface area contributed by atoms with Crippen LogP contribution in [0.5, 0.6) is 0 Å². The van der Waals surface area contributed by atoms with Gasteiger partial charge in [0.2, 0.25) is 5.91 Å². The Kier molecular flexibility index (Phi) is 4.83. The van der Waals surface area contributed by atoms with Gasteiger partial charge in [-0.05, 0) is 43.0 Å². The summed E-state index contributed by atoms with van der Waals surface area (Å²) >= 11 is 0. The lowest BCUT2D eigenvalue weighted by atomic mass is 10.0. The van der Waals surface area contributed by atoms with Gasteiger partial charge in [0.25, 0.3) is 0 Å². The van der Waals surface area contributed by atoms with Crippen LogP contribution in [0.2, 0.25) is 0 Å². The zero-order valence-electron chi connectivity index (χ0n) is 12.0. The third kappa shape index (κ3) is 3.72. The Morgan fingerprint density at radius 2 is 1.95 bits per heavy atom. The van der Waals surface area contributed by atoms with Gasteiger partial charge in [0.1, 0.15) is 0 Å². The van der Waals surface area contributed by atoms with E-state index in [1.165, 1.54) is 36.9 Å². The van der Waals surface area contributed by atoms with Crippen molar-refractivity contribution in [2.24, 2.45) is 0 Å². The molecule has 1 aliphatic rings. The van der Waals surface area contributed by atoms with Crippen molar-refractivity contribution in [1.29, 1.82) is 0 Å². The molecule has 0 saturated carbocycles. The number of carbonyl (C=O) groups is 1. The number of rotatable bonds is 6. The maximum absolute atomic E-state index is 11.3. The van der Waals surface area contributed by atoms with Gasteiger partial charge < -0.3 is 10.6 Å². The average molecular weight is 260 g/mol. The normalized spacial score (nSPS) is 14.2. The summed E-state index contributed by atoms with van der Waals surface area (Å²) in [4.78, 5) is 11.3. The van der Waals surface area contributed by atoms with Gasteiger partial charge in [0.05, 0.1) is 0 Å². The number of hydrogen-bond donors (Lipinski definition) is 2. The fraction of sp³-hybridized carbons (Fsp3) is 0.562. The van der Waals surface area contributed by atoms with Crippen molar-refractivity contribution >= 4 is 17.3 Å². The van der Waals surface area contributed by atoms with Gasteiger partial charge in [0, 0.05) is 23.8 Å². The first-order valence-corrected chi connectivity index (χ1v) is 7.42. The van der Waals surface area contributed by atoms with Crippen LogP contribution in [0.4, 0.5) is 11.4 Å². The van der Waals surface area contributed by atoms with Gasteiger partial charge in [-0.2, -0.15) is 0 Å². The van der Waals surface area contributed by atoms with Crippen LogP contribution in [0.3, 0.4) is 0 Å². The van der Waals surface area contributed by atoms with Crippen molar-refractivity contribution in [3.8, 4) is 0 Å². The van der Waals surface area contributed by atoms with Crippen LogP contribution >= 0.6 is 0 Å². The number of aryl methyl sites for hydroxylation is 1. The highest BCUT2D eigenvalue weighted by Crippen LogP contribution is 2.26. The second kappa shape index (κ2) is 6.60. The molecule has 19 heavy (non-hydrogen) atoms. The maximum atomic E-state index is 11.3. The molecule has 2 rings (SSSR count). The monoisotopic (exact) mass is 260 g/mol. The Balaban J connectivity index is 2.06. The fourth-order valence-electron chi connectivity index (χ4n) is 2.69. The van der Waals surface area contributed by atoms with Gasteiger partial charge in [-0.25, -0.2) is 0 Å². The van der Waals surface area contributed by atoms with E-state index in [1.807, 2.05) is 6.07 Å². The molecule has 0 fully saturated rings. The van der Waals surface area contributed by atoms with Crippen LogP contribution in [0.15, 0.2) is 18.2 Å². The lowest BCUT2D eigenvalue weighted by Crippen LogP contribution is -2.21. The van der Waals surface area contributed by atoms with E-state index in [0.29, 0.717) is 12.5 Å². The Morgan fingerprint density at radius 3 is 2.63 bits per heavy atom. The van der Waals surface area contributed by atoms with E-state index in [2.05, 4.69) is 36.6 Å². The van der Waals surface area contributed by atoms with E-state index in [9.17, 15) is 4.79 Å². The summed E-state index contributed by atoms with van der Waals surface area (Å²) in [5, 5.41) is 6.55. The third-order valence-corrected chi connectivity index (χ3v) is 3.65. The molecule has 3 nitrogen and oxygen atoms in total. The second-order valence-corrected chi connectivity index (χ2v) is 5.34. The SMILES string of the molecule is CCCC(CCC)Nc1ccc2c(c1)CCC(=O)N2. The number of carbonyl (C=O) groups excluding carboxylic acids is 1. The molecule has 3 heteroatoms. The van der Waals surface area contributed by atoms with Crippen LogP contribution in [0, 0.1) is 0 Å². The predicted molar refractivity (Wildman–Crippen MR) is 80.6 cm³/mol. The molecule has 1 aromatic carbocycles. The first-order chi connectivity index (χ1) is 9.22. The summed E-state index contributed by atoms with van der Waals surface area (Å²) in [6.07, 6.45) is 6.29. The van der Waals surface area contributed by atoms with Crippen molar-refractivity contribution in [3.05, 3.63) is 23.8 Å². The molecule has 0 unspecified atom stereocenters. The van der Waals surface area contributed by atoms with E-state index in [1.54, 1.807) is 0 Å². The standard InChI is InChI=1S/C16H24N2O/c1-3-5-13(6-4-2)17-14-8-9-15-12(11-14)7-10-16(19)18-15/h8-9,11,13,17H,3-7,10H2,1-2H3,(H,18,19). The Bertz CT molecular complexity index is 436. The van der Waals surface area contributed by atoms with Gasteiger partial charge in [0.15, 0.2) is 0 Å². The van der Waals surface area contributed by atoms with E-state index < -0.39 is 0 Å². The largest absolute Gasteiger partial charge is 0.382 e. The minimum absolute atomic E-state index is 0.128. The predicted octanol–water partition coefficient (Wildman–Crippen LogP) is 3.95. The molecule has 0 bridgehead atoms.